The van der Waals surface area contributed by atoms with E-state index in [9.17, 15) is 9.18 Å². The number of benzene rings is 1. The fraction of sp³-hybridized carbons (Fsp3) is 0.200. The van der Waals surface area contributed by atoms with Crippen molar-refractivity contribution in [3.63, 3.8) is 0 Å². The molecule has 8 heteroatoms. The number of esters is 1. The van der Waals surface area contributed by atoms with Crippen molar-refractivity contribution in [1.29, 1.82) is 0 Å². The van der Waals surface area contributed by atoms with Gasteiger partial charge in [-0.1, -0.05) is 11.8 Å². The van der Waals surface area contributed by atoms with Gasteiger partial charge in [0.2, 0.25) is 0 Å². The highest BCUT2D eigenvalue weighted by atomic mass is 32.2. The van der Waals surface area contributed by atoms with Crippen molar-refractivity contribution in [1.82, 2.24) is 19.7 Å². The third-order valence-corrected chi connectivity index (χ3v) is 4.80. The summed E-state index contributed by atoms with van der Waals surface area (Å²) in [5.74, 6) is -0.525. The van der Waals surface area contributed by atoms with Gasteiger partial charge in [-0.15, -0.1) is 0 Å². The minimum atomic E-state index is -0.309. The molecule has 1 unspecified atom stereocenters. The van der Waals surface area contributed by atoms with Gasteiger partial charge in [-0.3, -0.25) is 4.79 Å². The van der Waals surface area contributed by atoms with E-state index in [1.54, 1.807) is 23.0 Å². The van der Waals surface area contributed by atoms with Gasteiger partial charge in [0.15, 0.2) is 5.65 Å². The lowest BCUT2D eigenvalue weighted by Gasteiger charge is -2.06. The lowest BCUT2D eigenvalue weighted by molar-refractivity contribution is -0.137. The second-order valence-corrected chi connectivity index (χ2v) is 6.20. The van der Waals surface area contributed by atoms with E-state index in [4.69, 9.17) is 4.74 Å². The molecular weight excluding hydrogens is 319 g/mol. The van der Waals surface area contributed by atoms with Crippen LogP contribution in [0.25, 0.3) is 16.7 Å². The zero-order valence-corrected chi connectivity index (χ0v) is 12.7. The number of hydrogen-bond acceptors (Lipinski definition) is 6. The van der Waals surface area contributed by atoms with Gasteiger partial charge in [-0.25, -0.2) is 19.0 Å². The first-order valence-electron chi connectivity index (χ1n) is 7.00. The first-order valence-corrected chi connectivity index (χ1v) is 7.88. The fourth-order valence-electron chi connectivity index (χ4n) is 2.41. The van der Waals surface area contributed by atoms with E-state index in [1.807, 2.05) is 0 Å². The van der Waals surface area contributed by atoms with Crippen LogP contribution in [0.4, 0.5) is 4.39 Å². The molecule has 0 amide bonds. The number of hydrogen-bond donors (Lipinski definition) is 0. The highest BCUT2D eigenvalue weighted by molar-refractivity contribution is 8.00. The molecule has 2 aromatic heterocycles. The monoisotopic (exact) mass is 330 g/mol. The molecule has 6 nitrogen and oxygen atoms in total. The van der Waals surface area contributed by atoms with Gasteiger partial charge in [0, 0.05) is 6.42 Å². The van der Waals surface area contributed by atoms with Gasteiger partial charge in [0.25, 0.3) is 0 Å². The predicted molar refractivity (Wildman–Crippen MR) is 81.8 cm³/mol. The molecule has 1 aromatic carbocycles. The van der Waals surface area contributed by atoms with Gasteiger partial charge in [0.1, 0.15) is 22.4 Å². The zero-order chi connectivity index (χ0) is 15.8. The number of ether oxygens (including phenoxy) is 1. The maximum absolute atomic E-state index is 13.1. The third-order valence-electron chi connectivity index (χ3n) is 3.54. The van der Waals surface area contributed by atoms with Gasteiger partial charge < -0.3 is 4.74 Å². The van der Waals surface area contributed by atoms with Crippen LogP contribution in [-0.2, 0) is 9.53 Å². The standard InChI is InChI=1S/C15H11FN4O2S/c16-9-1-3-10(4-2-9)20-13-11(7-19-20)14(18-8-17-13)23-12-5-6-22-15(12)21/h1-4,7-8,12H,5-6H2. The highest BCUT2D eigenvalue weighted by Gasteiger charge is 2.29. The topological polar surface area (TPSA) is 69.9 Å². The number of cyclic esters (lactones) is 1. The Labute approximate surface area is 134 Å². The summed E-state index contributed by atoms with van der Waals surface area (Å²) in [6, 6.07) is 6.00. The largest absolute Gasteiger partial charge is 0.465 e. The number of thioether (sulfide) groups is 1. The minimum Gasteiger partial charge on any atom is -0.465 e. The summed E-state index contributed by atoms with van der Waals surface area (Å²) >= 11 is 1.36. The van der Waals surface area contributed by atoms with Gasteiger partial charge in [0.05, 0.1) is 23.9 Å². The van der Waals surface area contributed by atoms with E-state index in [2.05, 4.69) is 15.1 Å². The van der Waals surface area contributed by atoms with Crippen molar-refractivity contribution >= 4 is 28.8 Å². The fourth-order valence-corrected chi connectivity index (χ4v) is 3.43. The Morgan fingerprint density at radius 1 is 1.26 bits per heavy atom. The summed E-state index contributed by atoms with van der Waals surface area (Å²) in [7, 11) is 0. The molecule has 0 radical (unpaired) electrons. The van der Waals surface area contributed by atoms with E-state index in [1.165, 1.54) is 30.2 Å². The molecule has 0 spiro atoms. The molecule has 1 aliphatic rings. The van der Waals surface area contributed by atoms with Crippen LogP contribution in [0, 0.1) is 5.82 Å². The van der Waals surface area contributed by atoms with E-state index in [0.717, 1.165) is 5.39 Å². The van der Waals surface area contributed by atoms with E-state index in [0.29, 0.717) is 29.4 Å². The number of halogens is 1. The molecular formula is C15H11FN4O2S. The average molecular weight is 330 g/mol. The second-order valence-electron chi connectivity index (χ2n) is 5.01. The van der Waals surface area contributed by atoms with Crippen molar-refractivity contribution in [2.45, 2.75) is 16.7 Å². The van der Waals surface area contributed by atoms with Crippen LogP contribution in [0.15, 0.2) is 41.8 Å². The van der Waals surface area contributed by atoms with Gasteiger partial charge in [-0.2, -0.15) is 5.10 Å². The second kappa shape index (κ2) is 5.62. The molecule has 0 aliphatic carbocycles. The molecule has 1 fully saturated rings. The summed E-state index contributed by atoms with van der Waals surface area (Å²) in [5.41, 5.74) is 1.32. The van der Waals surface area contributed by atoms with Crippen LogP contribution in [0.1, 0.15) is 6.42 Å². The van der Waals surface area contributed by atoms with Crippen LogP contribution < -0.4 is 0 Å². The molecule has 0 N–H and O–H groups in total. The summed E-state index contributed by atoms with van der Waals surface area (Å²) in [6.45, 7) is 0.444. The summed E-state index contributed by atoms with van der Waals surface area (Å²) in [6.07, 6.45) is 3.76. The number of rotatable bonds is 3. The van der Waals surface area contributed by atoms with E-state index < -0.39 is 0 Å². The first kappa shape index (κ1) is 14.1. The molecule has 0 bridgehead atoms. The molecule has 3 aromatic rings. The van der Waals surface area contributed by atoms with Crippen LogP contribution in [0.3, 0.4) is 0 Å². The predicted octanol–water partition coefficient (Wildman–Crippen LogP) is 2.36. The minimum absolute atomic E-state index is 0.215. The van der Waals surface area contributed by atoms with Crippen LogP contribution in [0.5, 0.6) is 0 Å². The van der Waals surface area contributed by atoms with E-state index >= 15 is 0 Å². The number of carbonyl (C=O) groups excluding carboxylic acids is 1. The highest BCUT2D eigenvalue weighted by Crippen LogP contribution is 2.32. The smallest absolute Gasteiger partial charge is 0.319 e. The van der Waals surface area contributed by atoms with Crippen molar-refractivity contribution in [3.05, 3.63) is 42.6 Å². The van der Waals surface area contributed by atoms with Crippen molar-refractivity contribution in [3.8, 4) is 5.69 Å². The average Bonchev–Trinajstić information content (AvgIpc) is 3.16. The van der Waals surface area contributed by atoms with Gasteiger partial charge >= 0.3 is 5.97 Å². The number of carbonyl (C=O) groups is 1. The Hall–Kier alpha value is -2.48. The summed E-state index contributed by atoms with van der Waals surface area (Å²) in [5, 5.41) is 5.50. The number of aromatic nitrogens is 4. The van der Waals surface area contributed by atoms with E-state index in [-0.39, 0.29) is 17.0 Å². The van der Waals surface area contributed by atoms with Crippen molar-refractivity contribution in [2.24, 2.45) is 0 Å². The van der Waals surface area contributed by atoms with Crippen LogP contribution >= 0.6 is 11.8 Å². The zero-order valence-electron chi connectivity index (χ0n) is 11.8. The Bertz CT molecular complexity index is 881. The first-order chi connectivity index (χ1) is 11.2. The SMILES string of the molecule is O=C1OCCC1Sc1ncnc2c1cnn2-c1ccc(F)cc1. The molecule has 4 rings (SSSR count). The third kappa shape index (κ3) is 2.55. The summed E-state index contributed by atoms with van der Waals surface area (Å²) in [4.78, 5) is 20.1. The normalized spacial score (nSPS) is 17.6. The quantitative estimate of drug-likeness (QED) is 0.542. The maximum atomic E-state index is 13.1. The molecule has 1 aliphatic heterocycles. The van der Waals surface area contributed by atoms with Crippen molar-refractivity contribution in [2.75, 3.05) is 6.61 Å². The lowest BCUT2D eigenvalue weighted by Crippen LogP contribution is -2.09. The number of fused-ring (bicyclic) bond motifs is 1. The number of nitrogens with zero attached hydrogens (tertiary/aromatic N) is 4. The lowest BCUT2D eigenvalue weighted by atomic mass is 10.3. The maximum Gasteiger partial charge on any atom is 0.319 e. The molecule has 23 heavy (non-hydrogen) atoms. The van der Waals surface area contributed by atoms with Crippen molar-refractivity contribution < 1.29 is 13.9 Å². The Morgan fingerprint density at radius 2 is 2.09 bits per heavy atom. The van der Waals surface area contributed by atoms with Crippen LogP contribution in [0.2, 0.25) is 0 Å². The molecule has 1 saturated heterocycles. The molecule has 0 saturated carbocycles. The molecule has 3 heterocycles. The Balaban J connectivity index is 1.74. The Morgan fingerprint density at radius 3 is 2.83 bits per heavy atom. The summed E-state index contributed by atoms with van der Waals surface area (Å²) < 4.78 is 19.7. The molecule has 116 valence electrons. The molecule has 1 atom stereocenters. The Kier molecular flexibility index (Phi) is 3.45. The van der Waals surface area contributed by atoms with Gasteiger partial charge in [-0.05, 0) is 24.3 Å². The van der Waals surface area contributed by atoms with Crippen LogP contribution in [-0.4, -0.2) is 37.6 Å².